The van der Waals surface area contributed by atoms with Gasteiger partial charge in [0.25, 0.3) is 6.21 Å². The summed E-state index contributed by atoms with van der Waals surface area (Å²) >= 11 is 25.2. The third kappa shape index (κ3) is 2.49. The van der Waals surface area contributed by atoms with Gasteiger partial charge in [0.2, 0.25) is 0 Å². The maximum Gasteiger partial charge on any atom is 0.302 e. The largest absolute Gasteiger partial charge is 0.302 e. The first-order valence-electron chi connectivity index (χ1n) is 4.23. The van der Waals surface area contributed by atoms with Crippen molar-refractivity contribution in [3.05, 3.63) is 30.3 Å². The van der Waals surface area contributed by atoms with Gasteiger partial charge in [-0.2, -0.15) is 0 Å². The summed E-state index contributed by atoms with van der Waals surface area (Å²) in [6.45, 7) is 1.93. The minimum Gasteiger partial charge on any atom is -0.146 e. The standard InChI is InChI=1S/C8H10Cl4Si2/c1-2-13(9,10)14(11,12)8-6-4-3-5-7-8/h3-7H,2H2,1H3. The highest BCUT2D eigenvalue weighted by atomic mass is 35.8. The van der Waals surface area contributed by atoms with Crippen LogP contribution in [0.1, 0.15) is 6.92 Å². The maximum atomic E-state index is 6.36. The molecular weight excluding hydrogens is 294 g/mol. The predicted molar refractivity (Wildman–Crippen MR) is 71.5 cm³/mol. The van der Waals surface area contributed by atoms with Crippen LogP contribution in [0.15, 0.2) is 30.3 Å². The van der Waals surface area contributed by atoms with Crippen molar-refractivity contribution in [2.24, 2.45) is 0 Å². The zero-order chi connectivity index (χ0) is 10.8. The summed E-state index contributed by atoms with van der Waals surface area (Å²) in [6.07, 6.45) is -5.22. The fraction of sp³-hybridized carbons (Fsp3) is 0.250. The van der Waals surface area contributed by atoms with Crippen LogP contribution in [0.2, 0.25) is 6.04 Å². The van der Waals surface area contributed by atoms with E-state index in [1.807, 2.05) is 37.3 Å². The van der Waals surface area contributed by atoms with Gasteiger partial charge in [0.15, 0.2) is 0 Å². The molecule has 0 atom stereocenters. The van der Waals surface area contributed by atoms with Crippen molar-refractivity contribution in [3.8, 4) is 0 Å². The van der Waals surface area contributed by atoms with Crippen molar-refractivity contribution < 1.29 is 0 Å². The van der Waals surface area contributed by atoms with E-state index in [1.165, 1.54) is 0 Å². The molecule has 0 heterocycles. The van der Waals surface area contributed by atoms with Crippen LogP contribution in [0.5, 0.6) is 0 Å². The summed E-state index contributed by atoms with van der Waals surface area (Å²) < 4.78 is 0. The molecular formula is C8H10Cl4Si2. The molecule has 0 N–H and O–H groups in total. The smallest absolute Gasteiger partial charge is 0.146 e. The quantitative estimate of drug-likeness (QED) is 0.588. The normalized spacial score (nSPS) is 12.9. The van der Waals surface area contributed by atoms with Gasteiger partial charge in [0.05, 0.1) is 0 Å². The van der Waals surface area contributed by atoms with E-state index in [2.05, 4.69) is 0 Å². The molecule has 78 valence electrons. The van der Waals surface area contributed by atoms with Crippen LogP contribution in [0.3, 0.4) is 0 Å². The Morgan fingerprint density at radius 3 is 1.93 bits per heavy atom. The van der Waals surface area contributed by atoms with Crippen molar-refractivity contribution in [3.63, 3.8) is 0 Å². The lowest BCUT2D eigenvalue weighted by Gasteiger charge is -2.27. The van der Waals surface area contributed by atoms with Gasteiger partial charge in [-0.25, -0.2) is 0 Å². The lowest BCUT2D eigenvalue weighted by Crippen LogP contribution is -2.56. The highest BCUT2D eigenvalue weighted by molar-refractivity contribution is 7.95. The lowest BCUT2D eigenvalue weighted by molar-refractivity contribution is 1.46. The molecule has 0 fully saturated rings. The molecule has 0 amide bonds. The van der Waals surface area contributed by atoms with E-state index in [1.54, 1.807) is 0 Å². The van der Waals surface area contributed by atoms with Gasteiger partial charge < -0.3 is 0 Å². The lowest BCUT2D eigenvalue weighted by atomic mass is 10.4. The van der Waals surface area contributed by atoms with Gasteiger partial charge in [-0.1, -0.05) is 37.3 Å². The van der Waals surface area contributed by atoms with E-state index < -0.39 is 12.4 Å². The van der Waals surface area contributed by atoms with Crippen LogP contribution in [0.4, 0.5) is 0 Å². The molecule has 0 spiro atoms. The molecule has 0 aliphatic heterocycles. The van der Waals surface area contributed by atoms with Gasteiger partial charge in [-0.15, -0.1) is 44.3 Å². The van der Waals surface area contributed by atoms with Crippen molar-refractivity contribution in [1.82, 2.24) is 0 Å². The van der Waals surface area contributed by atoms with E-state index in [0.29, 0.717) is 6.04 Å². The fourth-order valence-electron chi connectivity index (χ4n) is 1.08. The fourth-order valence-corrected chi connectivity index (χ4v) is 10.8. The second-order valence-electron chi connectivity index (χ2n) is 3.00. The van der Waals surface area contributed by atoms with E-state index in [0.717, 1.165) is 5.19 Å². The topological polar surface area (TPSA) is 0 Å². The van der Waals surface area contributed by atoms with Crippen molar-refractivity contribution in [1.29, 1.82) is 0 Å². The Bertz CT molecular complexity index is 299. The first kappa shape index (κ1) is 12.9. The van der Waals surface area contributed by atoms with Crippen LogP contribution in [0.25, 0.3) is 0 Å². The Morgan fingerprint density at radius 1 is 1.00 bits per heavy atom. The molecule has 14 heavy (non-hydrogen) atoms. The molecule has 0 bridgehead atoms. The van der Waals surface area contributed by atoms with Crippen LogP contribution >= 0.6 is 44.3 Å². The Morgan fingerprint density at radius 2 is 1.50 bits per heavy atom. The highest BCUT2D eigenvalue weighted by Gasteiger charge is 2.53. The zero-order valence-corrected chi connectivity index (χ0v) is 12.6. The van der Waals surface area contributed by atoms with Crippen LogP contribution < -0.4 is 5.19 Å². The second-order valence-corrected chi connectivity index (χ2v) is 23.9. The number of hydrogen-bond donors (Lipinski definition) is 0. The van der Waals surface area contributed by atoms with Gasteiger partial charge in [0.1, 0.15) is 0 Å². The molecule has 0 aromatic heterocycles. The molecule has 0 nitrogen and oxygen atoms in total. The van der Waals surface area contributed by atoms with Gasteiger partial charge in [0, 0.05) is 0 Å². The monoisotopic (exact) mass is 302 g/mol. The molecule has 1 aromatic carbocycles. The van der Waals surface area contributed by atoms with Gasteiger partial charge >= 0.3 is 6.21 Å². The van der Waals surface area contributed by atoms with Crippen molar-refractivity contribution in [2.45, 2.75) is 13.0 Å². The average molecular weight is 304 g/mol. The van der Waals surface area contributed by atoms with Crippen molar-refractivity contribution in [2.75, 3.05) is 0 Å². The molecule has 0 unspecified atom stereocenters. The molecule has 1 aromatic rings. The number of halogens is 4. The minimum absolute atomic E-state index is 0.671. The number of rotatable bonds is 3. The summed E-state index contributed by atoms with van der Waals surface area (Å²) in [4.78, 5) is 0. The summed E-state index contributed by atoms with van der Waals surface area (Å²) in [7, 11) is 0. The first-order valence-corrected chi connectivity index (χ1v) is 13.5. The van der Waals surface area contributed by atoms with Crippen LogP contribution in [-0.2, 0) is 0 Å². The first-order chi connectivity index (χ1) is 6.42. The number of benzene rings is 1. The Kier molecular flexibility index (Phi) is 4.39. The maximum absolute atomic E-state index is 6.36. The SMILES string of the molecule is CC[Si](Cl)(Cl)[Si](Cl)(Cl)c1ccccc1. The molecule has 0 aliphatic carbocycles. The third-order valence-corrected chi connectivity index (χ3v) is 26.9. The summed E-state index contributed by atoms with van der Waals surface area (Å²) in [6, 6.07) is 10.2. The molecule has 0 aliphatic rings. The van der Waals surface area contributed by atoms with E-state index >= 15 is 0 Å². The predicted octanol–water partition coefficient (Wildman–Crippen LogP) is 3.83. The molecule has 0 saturated carbocycles. The van der Waals surface area contributed by atoms with Gasteiger partial charge in [-0.05, 0) is 11.2 Å². The van der Waals surface area contributed by atoms with E-state index in [-0.39, 0.29) is 0 Å². The summed E-state index contributed by atoms with van der Waals surface area (Å²) in [5, 5.41) is 0.904. The van der Waals surface area contributed by atoms with E-state index in [4.69, 9.17) is 44.3 Å². The minimum atomic E-state index is -2.69. The van der Waals surface area contributed by atoms with E-state index in [9.17, 15) is 0 Å². The van der Waals surface area contributed by atoms with Crippen molar-refractivity contribution >= 4 is 61.9 Å². The average Bonchev–Trinajstić information content (AvgIpc) is 2.19. The van der Waals surface area contributed by atoms with Gasteiger partial charge in [-0.3, -0.25) is 0 Å². The Hall–Kier alpha value is 0.814. The van der Waals surface area contributed by atoms with Crippen LogP contribution in [-0.4, -0.2) is 12.4 Å². The third-order valence-electron chi connectivity index (χ3n) is 2.04. The molecule has 1 rings (SSSR count). The van der Waals surface area contributed by atoms with Crippen LogP contribution in [0, 0.1) is 0 Å². The summed E-state index contributed by atoms with van der Waals surface area (Å²) in [5.74, 6) is 0. The summed E-state index contributed by atoms with van der Waals surface area (Å²) in [5.41, 5.74) is 0. The molecule has 0 saturated heterocycles. The zero-order valence-electron chi connectivity index (χ0n) is 7.61. The second kappa shape index (κ2) is 4.77. The number of hydrogen-bond acceptors (Lipinski definition) is 0. The Balaban J connectivity index is 3.08. The molecule has 0 radical (unpaired) electrons. The molecule has 6 heteroatoms. The Labute approximate surface area is 105 Å². The highest BCUT2D eigenvalue weighted by Crippen LogP contribution is 2.36.